The monoisotopic (exact) mass is 215 g/mol. The van der Waals surface area contributed by atoms with Gasteiger partial charge >= 0.3 is 0 Å². The molecule has 80 valence electrons. The third-order valence-corrected chi connectivity index (χ3v) is 3.95. The smallest absolute Gasteiger partial charge is 0.223 e. The predicted octanol–water partition coefficient (Wildman–Crippen LogP) is 2.17. The second-order valence-corrected chi connectivity index (χ2v) is 5.90. The van der Waals surface area contributed by atoms with E-state index in [4.69, 9.17) is 11.6 Å². The minimum absolute atomic E-state index is 0.154. The summed E-state index contributed by atoms with van der Waals surface area (Å²) in [7, 11) is 0. The Morgan fingerprint density at radius 3 is 2.57 bits per heavy atom. The van der Waals surface area contributed by atoms with Crippen molar-refractivity contribution in [2.24, 2.45) is 17.3 Å². The molecule has 0 bridgehead atoms. The summed E-state index contributed by atoms with van der Waals surface area (Å²) in [5, 5.41) is 3.10. The first-order chi connectivity index (χ1) is 6.50. The molecule has 0 radical (unpaired) electrons. The Labute approximate surface area is 90.4 Å². The van der Waals surface area contributed by atoms with Crippen LogP contribution in [0.3, 0.4) is 0 Å². The highest BCUT2D eigenvalue weighted by molar-refractivity contribution is 6.21. The van der Waals surface area contributed by atoms with E-state index >= 15 is 0 Å². The maximum absolute atomic E-state index is 11.6. The first-order valence-electron chi connectivity index (χ1n) is 5.42. The zero-order valence-corrected chi connectivity index (χ0v) is 9.60. The van der Waals surface area contributed by atoms with Gasteiger partial charge in [0.05, 0.1) is 5.38 Å². The summed E-state index contributed by atoms with van der Waals surface area (Å²) in [6.07, 6.45) is 3.49. The first-order valence-corrected chi connectivity index (χ1v) is 5.86. The minimum atomic E-state index is 0.154. The number of carbonyl (C=O) groups is 1. The molecule has 2 atom stereocenters. The maximum Gasteiger partial charge on any atom is 0.223 e. The zero-order chi connectivity index (χ0) is 10.3. The van der Waals surface area contributed by atoms with Gasteiger partial charge in [-0.3, -0.25) is 4.79 Å². The molecule has 0 aromatic heterocycles. The number of hydrogen-bond acceptors (Lipinski definition) is 1. The average molecular weight is 216 g/mol. The lowest BCUT2D eigenvalue weighted by atomic mass is 10.1. The maximum atomic E-state index is 11.6. The third-order valence-electron chi connectivity index (χ3n) is 3.43. The van der Waals surface area contributed by atoms with Crippen LogP contribution >= 0.6 is 11.6 Å². The van der Waals surface area contributed by atoms with Gasteiger partial charge < -0.3 is 5.32 Å². The summed E-state index contributed by atoms with van der Waals surface area (Å²) in [4.78, 5) is 11.6. The van der Waals surface area contributed by atoms with E-state index in [2.05, 4.69) is 19.2 Å². The molecule has 2 saturated carbocycles. The molecule has 0 aromatic carbocycles. The molecule has 14 heavy (non-hydrogen) atoms. The average Bonchev–Trinajstić information content (AvgIpc) is 2.96. The Kier molecular flexibility index (Phi) is 2.50. The molecular weight excluding hydrogens is 198 g/mol. The van der Waals surface area contributed by atoms with Crippen LogP contribution in [-0.2, 0) is 4.79 Å². The summed E-state index contributed by atoms with van der Waals surface area (Å²) in [6.45, 7) is 4.92. The van der Waals surface area contributed by atoms with E-state index in [0.29, 0.717) is 12.5 Å². The van der Waals surface area contributed by atoms with Crippen LogP contribution in [0.25, 0.3) is 0 Å². The Bertz CT molecular complexity index is 248. The zero-order valence-electron chi connectivity index (χ0n) is 8.85. The van der Waals surface area contributed by atoms with Crippen molar-refractivity contribution in [2.75, 3.05) is 6.54 Å². The predicted molar refractivity (Wildman–Crippen MR) is 57.3 cm³/mol. The van der Waals surface area contributed by atoms with Crippen molar-refractivity contribution in [1.29, 1.82) is 0 Å². The van der Waals surface area contributed by atoms with Crippen LogP contribution in [0.4, 0.5) is 0 Å². The summed E-state index contributed by atoms with van der Waals surface area (Å²) in [5.41, 5.74) is 0.228. The van der Waals surface area contributed by atoms with Crippen molar-refractivity contribution >= 4 is 17.5 Å². The first kappa shape index (κ1) is 10.3. The van der Waals surface area contributed by atoms with Crippen LogP contribution in [0.15, 0.2) is 0 Å². The highest BCUT2D eigenvalue weighted by Crippen LogP contribution is 2.51. The molecule has 2 aliphatic rings. The van der Waals surface area contributed by atoms with E-state index < -0.39 is 0 Å². The Morgan fingerprint density at radius 1 is 1.57 bits per heavy atom. The Morgan fingerprint density at radius 2 is 2.14 bits per heavy atom. The summed E-state index contributed by atoms with van der Waals surface area (Å²) in [5.74, 6) is 1.08. The molecule has 0 heterocycles. The van der Waals surface area contributed by atoms with Gasteiger partial charge in [-0.1, -0.05) is 13.8 Å². The Balaban J connectivity index is 1.68. The van der Waals surface area contributed by atoms with Crippen molar-refractivity contribution in [3.8, 4) is 0 Å². The van der Waals surface area contributed by atoms with Crippen molar-refractivity contribution in [1.82, 2.24) is 5.32 Å². The fourth-order valence-electron chi connectivity index (χ4n) is 1.86. The second kappa shape index (κ2) is 3.41. The highest BCUT2D eigenvalue weighted by atomic mass is 35.5. The molecule has 2 aliphatic carbocycles. The standard InChI is InChI=1S/C11H18ClNO/c1-11(2)5-8(11)10(14)13-6-9(12)7-3-4-7/h7-9H,3-6H2,1-2H3,(H,13,14). The lowest BCUT2D eigenvalue weighted by Gasteiger charge is -2.10. The SMILES string of the molecule is CC1(C)CC1C(=O)NCC(Cl)C1CC1. The highest BCUT2D eigenvalue weighted by Gasteiger charge is 2.50. The molecular formula is C11H18ClNO. The number of rotatable bonds is 4. The minimum Gasteiger partial charge on any atom is -0.354 e. The number of nitrogens with one attached hydrogen (secondary N) is 1. The molecule has 1 N–H and O–H groups in total. The fourth-order valence-corrected chi connectivity index (χ4v) is 2.19. The van der Waals surface area contributed by atoms with Gasteiger partial charge in [-0.2, -0.15) is 0 Å². The van der Waals surface area contributed by atoms with Crippen LogP contribution in [0.2, 0.25) is 0 Å². The summed E-state index contributed by atoms with van der Waals surface area (Å²) >= 11 is 6.10. The van der Waals surface area contributed by atoms with Crippen LogP contribution < -0.4 is 5.32 Å². The van der Waals surface area contributed by atoms with Gasteiger partial charge in [0.2, 0.25) is 5.91 Å². The number of alkyl halides is 1. The summed E-state index contributed by atoms with van der Waals surface area (Å²) < 4.78 is 0. The lowest BCUT2D eigenvalue weighted by molar-refractivity contribution is -0.122. The van der Waals surface area contributed by atoms with Crippen molar-refractivity contribution in [3.05, 3.63) is 0 Å². The van der Waals surface area contributed by atoms with Crippen LogP contribution in [0.1, 0.15) is 33.1 Å². The topological polar surface area (TPSA) is 29.1 Å². The molecule has 0 aromatic rings. The molecule has 0 spiro atoms. The van der Waals surface area contributed by atoms with E-state index in [1.807, 2.05) is 0 Å². The van der Waals surface area contributed by atoms with Gasteiger partial charge in [-0.25, -0.2) is 0 Å². The quantitative estimate of drug-likeness (QED) is 0.716. The molecule has 0 aliphatic heterocycles. The number of carbonyl (C=O) groups excluding carboxylic acids is 1. The van der Waals surface area contributed by atoms with Gasteiger partial charge in [0.25, 0.3) is 0 Å². The van der Waals surface area contributed by atoms with Crippen molar-refractivity contribution in [3.63, 3.8) is 0 Å². The molecule has 0 saturated heterocycles. The fraction of sp³-hybridized carbons (Fsp3) is 0.909. The van der Waals surface area contributed by atoms with Gasteiger partial charge in [0, 0.05) is 12.5 Å². The molecule has 2 nitrogen and oxygen atoms in total. The van der Waals surface area contributed by atoms with E-state index in [9.17, 15) is 4.79 Å². The molecule has 2 rings (SSSR count). The second-order valence-electron chi connectivity index (χ2n) is 5.34. The molecule has 2 fully saturated rings. The Hall–Kier alpha value is -0.240. The van der Waals surface area contributed by atoms with Gasteiger partial charge in [-0.05, 0) is 30.6 Å². The molecule has 1 amide bonds. The van der Waals surface area contributed by atoms with Crippen LogP contribution in [0, 0.1) is 17.3 Å². The van der Waals surface area contributed by atoms with Crippen molar-refractivity contribution < 1.29 is 4.79 Å². The number of amides is 1. The molecule has 2 unspecified atom stereocenters. The lowest BCUT2D eigenvalue weighted by Crippen LogP contribution is -2.32. The van der Waals surface area contributed by atoms with Crippen LogP contribution in [0.5, 0.6) is 0 Å². The van der Waals surface area contributed by atoms with Gasteiger partial charge in [-0.15, -0.1) is 11.6 Å². The van der Waals surface area contributed by atoms with Crippen LogP contribution in [-0.4, -0.2) is 17.8 Å². The van der Waals surface area contributed by atoms with E-state index in [0.717, 1.165) is 6.42 Å². The van der Waals surface area contributed by atoms with E-state index in [1.54, 1.807) is 0 Å². The normalized spacial score (nSPS) is 30.9. The largest absolute Gasteiger partial charge is 0.354 e. The van der Waals surface area contributed by atoms with Gasteiger partial charge in [0.15, 0.2) is 0 Å². The number of halogens is 1. The van der Waals surface area contributed by atoms with Crippen molar-refractivity contribution in [2.45, 2.75) is 38.5 Å². The number of hydrogen-bond donors (Lipinski definition) is 1. The van der Waals surface area contributed by atoms with Gasteiger partial charge in [0.1, 0.15) is 0 Å². The molecule has 3 heteroatoms. The van der Waals surface area contributed by atoms with E-state index in [-0.39, 0.29) is 22.6 Å². The third kappa shape index (κ3) is 2.22. The van der Waals surface area contributed by atoms with E-state index in [1.165, 1.54) is 12.8 Å². The summed E-state index contributed by atoms with van der Waals surface area (Å²) in [6, 6.07) is 0.